The van der Waals surface area contributed by atoms with E-state index in [1.807, 2.05) is 13.8 Å². The first-order chi connectivity index (χ1) is 6.75. The van der Waals surface area contributed by atoms with E-state index >= 15 is 0 Å². The summed E-state index contributed by atoms with van der Waals surface area (Å²) in [7, 11) is -3.44. The molecular weight excluding hydrogens is 222 g/mol. The van der Waals surface area contributed by atoms with Gasteiger partial charge in [0.1, 0.15) is 0 Å². The molecule has 0 N–H and O–H groups in total. The van der Waals surface area contributed by atoms with Crippen molar-refractivity contribution in [1.29, 1.82) is 0 Å². The predicted molar refractivity (Wildman–Crippen MR) is 60.3 cm³/mol. The number of hydrogen-bond acceptors (Lipinski definition) is 4. The Kier molecular flexibility index (Phi) is 10.4. The molecule has 0 rings (SSSR count). The van der Waals surface area contributed by atoms with Crippen LogP contribution in [0.25, 0.3) is 0 Å². The third kappa shape index (κ3) is 9.90. The van der Waals surface area contributed by atoms with Crippen molar-refractivity contribution in [2.45, 2.75) is 53.8 Å². The summed E-state index contributed by atoms with van der Waals surface area (Å²) >= 11 is 0. The van der Waals surface area contributed by atoms with Crippen molar-refractivity contribution in [2.75, 3.05) is 0 Å². The summed E-state index contributed by atoms with van der Waals surface area (Å²) in [5.41, 5.74) is 0. The molecule has 0 radical (unpaired) electrons. The summed E-state index contributed by atoms with van der Waals surface area (Å²) < 4.78 is 27.5. The molecule has 0 aliphatic carbocycles. The molecule has 4 nitrogen and oxygen atoms in total. The molecule has 0 fully saturated rings. The third-order valence-electron chi connectivity index (χ3n) is 1.14. The molecule has 0 aromatic carbocycles. The van der Waals surface area contributed by atoms with Gasteiger partial charge in [0.05, 0.1) is 12.2 Å². The topological polar surface area (TPSA) is 44.8 Å². The second-order valence-electron chi connectivity index (χ2n) is 4.24. The van der Waals surface area contributed by atoms with Gasteiger partial charge in [-0.1, -0.05) is 13.8 Å². The van der Waals surface area contributed by atoms with Crippen molar-refractivity contribution in [3.8, 4) is 0 Å². The number of phosphoric acid groups is 1. The first-order valence-electron chi connectivity index (χ1n) is 5.23. The van der Waals surface area contributed by atoms with Crippen molar-refractivity contribution < 1.29 is 37.0 Å². The largest absolute Gasteiger partial charge is 1.00 e. The molecule has 0 atom stereocenters. The van der Waals surface area contributed by atoms with Crippen LogP contribution in [-0.4, -0.2) is 12.2 Å². The Labute approximate surface area is 111 Å². The third-order valence-corrected chi connectivity index (χ3v) is 2.88. The summed E-state index contributed by atoms with van der Waals surface area (Å²) in [6.45, 7) is 12.5. The molecule has 92 valence electrons. The zero-order valence-electron chi connectivity index (χ0n) is 11.4. The van der Waals surface area contributed by atoms with Gasteiger partial charge in [-0.3, -0.25) is 9.05 Å². The van der Waals surface area contributed by atoms with E-state index in [2.05, 4.69) is 0 Å². The molecule has 0 heterocycles. The van der Waals surface area contributed by atoms with Crippen molar-refractivity contribution in [3.63, 3.8) is 0 Å². The fraction of sp³-hybridized carbons (Fsp3) is 0.900. The van der Waals surface area contributed by atoms with E-state index in [1.54, 1.807) is 27.7 Å². The van der Waals surface area contributed by atoms with E-state index in [9.17, 15) is 4.57 Å². The van der Waals surface area contributed by atoms with Gasteiger partial charge in [0.15, 0.2) is 0 Å². The summed E-state index contributed by atoms with van der Waals surface area (Å²) in [6.07, 6.45) is -0.398. The molecule has 0 saturated heterocycles. The van der Waals surface area contributed by atoms with E-state index in [4.69, 9.17) is 13.6 Å². The van der Waals surface area contributed by atoms with Crippen LogP contribution in [-0.2, 0) is 18.1 Å². The molecule has 0 saturated carbocycles. The minimum absolute atomic E-state index is 0. The second-order valence-corrected chi connectivity index (χ2v) is 5.77. The van der Waals surface area contributed by atoms with E-state index in [0.717, 1.165) is 0 Å². The van der Waals surface area contributed by atoms with Gasteiger partial charge in [0, 0.05) is 0 Å². The molecular formula is C10H22LiO4P. The van der Waals surface area contributed by atoms with Crippen LogP contribution in [0.3, 0.4) is 0 Å². The Morgan fingerprint density at radius 2 is 1.31 bits per heavy atom. The van der Waals surface area contributed by atoms with Gasteiger partial charge in [-0.05, 0) is 27.7 Å². The smallest absolute Gasteiger partial charge is 0.464 e. The maximum atomic E-state index is 12.0. The number of rotatable bonds is 7. The normalized spacial score (nSPS) is 12.3. The first kappa shape index (κ1) is 19.1. The molecule has 16 heavy (non-hydrogen) atoms. The van der Waals surface area contributed by atoms with Crippen LogP contribution in [0.5, 0.6) is 0 Å². The molecule has 0 amide bonds. The Hall–Kier alpha value is 0.707. The molecule has 0 aliphatic rings. The fourth-order valence-electron chi connectivity index (χ4n) is 0.787. The Morgan fingerprint density at radius 1 is 0.938 bits per heavy atom. The van der Waals surface area contributed by atoms with Crippen LogP contribution >= 0.6 is 7.82 Å². The van der Waals surface area contributed by atoms with E-state index in [-0.39, 0.29) is 37.0 Å². The molecule has 0 unspecified atom stereocenters. The second kappa shape index (κ2) is 8.75. The number of phosphoric ester groups is 1. The molecule has 0 aliphatic heterocycles. The maximum absolute atomic E-state index is 12.0. The molecule has 0 aromatic rings. The van der Waals surface area contributed by atoms with Crippen LogP contribution in [0.2, 0.25) is 0 Å². The Morgan fingerprint density at radius 3 is 1.56 bits per heavy atom. The SMILES string of the molecule is CC(C)[CH-]OP(=O)(OC(C)C)OC(C)C.[Li+]. The van der Waals surface area contributed by atoms with Crippen molar-refractivity contribution >= 4 is 7.82 Å². The van der Waals surface area contributed by atoms with Crippen LogP contribution in [0.1, 0.15) is 41.5 Å². The monoisotopic (exact) mass is 244 g/mol. The van der Waals surface area contributed by atoms with Crippen LogP contribution in [0.15, 0.2) is 0 Å². The number of hydrogen-bond donors (Lipinski definition) is 0. The zero-order chi connectivity index (χ0) is 12.1. The minimum atomic E-state index is -3.44. The van der Waals surface area contributed by atoms with Gasteiger partial charge in [0.25, 0.3) is 0 Å². The van der Waals surface area contributed by atoms with E-state index in [0.29, 0.717) is 0 Å². The summed E-state index contributed by atoms with van der Waals surface area (Å²) in [5, 5.41) is 0. The van der Waals surface area contributed by atoms with Gasteiger partial charge in [0.2, 0.25) is 0 Å². The van der Waals surface area contributed by atoms with Gasteiger partial charge in [-0.25, -0.2) is 4.57 Å². The van der Waals surface area contributed by atoms with Crippen LogP contribution in [0, 0.1) is 12.5 Å². The fourth-order valence-corrected chi connectivity index (χ4v) is 2.36. The van der Waals surface area contributed by atoms with Gasteiger partial charge >= 0.3 is 26.7 Å². The van der Waals surface area contributed by atoms with Crippen molar-refractivity contribution in [1.82, 2.24) is 0 Å². The molecule has 6 heteroatoms. The van der Waals surface area contributed by atoms with E-state index in [1.165, 1.54) is 6.61 Å². The van der Waals surface area contributed by atoms with Gasteiger partial charge in [-0.2, -0.15) is 12.5 Å². The predicted octanol–water partition coefficient (Wildman–Crippen LogP) is 0.783. The summed E-state index contributed by atoms with van der Waals surface area (Å²) in [6, 6.07) is 0. The standard InChI is InChI=1S/C10H22O4P.Li/c1-8(2)7-12-15(11,13-9(3)4)14-10(5)6;/h7-10H,1-6H3;/q-1;+1. The minimum Gasteiger partial charge on any atom is -0.464 e. The summed E-state index contributed by atoms with van der Waals surface area (Å²) in [4.78, 5) is 0. The zero-order valence-corrected chi connectivity index (χ0v) is 12.3. The van der Waals surface area contributed by atoms with Gasteiger partial charge < -0.3 is 4.52 Å². The Bertz CT molecular complexity index is 205. The average Bonchev–Trinajstić information content (AvgIpc) is 1.97. The Balaban J connectivity index is 0. The molecule has 0 spiro atoms. The van der Waals surface area contributed by atoms with Gasteiger partial charge in [-0.15, -0.1) is 0 Å². The van der Waals surface area contributed by atoms with Crippen molar-refractivity contribution in [2.24, 2.45) is 5.92 Å². The van der Waals surface area contributed by atoms with E-state index < -0.39 is 7.82 Å². The molecule has 0 bridgehead atoms. The maximum Gasteiger partial charge on any atom is 1.00 e. The average molecular weight is 244 g/mol. The van der Waals surface area contributed by atoms with Crippen LogP contribution < -0.4 is 18.9 Å². The first-order valence-corrected chi connectivity index (χ1v) is 6.70. The molecule has 0 aromatic heterocycles. The van der Waals surface area contributed by atoms with Crippen LogP contribution in [0.4, 0.5) is 0 Å². The quantitative estimate of drug-likeness (QED) is 0.377. The summed E-state index contributed by atoms with van der Waals surface area (Å²) in [5.74, 6) is 0.171. The van der Waals surface area contributed by atoms with Crippen molar-refractivity contribution in [3.05, 3.63) is 6.61 Å².